The van der Waals surface area contributed by atoms with Crippen molar-refractivity contribution in [3.63, 3.8) is 0 Å². The zero-order chi connectivity index (χ0) is 16.0. The number of nitrogens with zero attached hydrogens (tertiary/aromatic N) is 1. The SMILES string of the molecule is O=c1c(=O)c2c(-c3ccccc3)noc2[nH]c2ccc(Br)cc12. The molecule has 0 spiro atoms. The first-order valence-corrected chi connectivity index (χ1v) is 7.65. The Morgan fingerprint density at radius 3 is 2.57 bits per heavy atom. The molecular formula is C17H9BrN2O3. The number of benzene rings is 2. The molecule has 0 aliphatic rings. The van der Waals surface area contributed by atoms with E-state index in [2.05, 4.69) is 26.1 Å². The van der Waals surface area contributed by atoms with E-state index in [-0.39, 0.29) is 11.1 Å². The van der Waals surface area contributed by atoms with Gasteiger partial charge in [0.15, 0.2) is 0 Å². The monoisotopic (exact) mass is 368 g/mol. The molecule has 4 rings (SSSR count). The number of aromatic nitrogens is 2. The molecule has 2 aromatic heterocycles. The van der Waals surface area contributed by atoms with Gasteiger partial charge in [0.2, 0.25) is 16.6 Å². The lowest BCUT2D eigenvalue weighted by Crippen LogP contribution is -2.21. The average Bonchev–Trinajstić information content (AvgIpc) is 2.95. The van der Waals surface area contributed by atoms with Crippen molar-refractivity contribution in [3.8, 4) is 11.3 Å². The van der Waals surface area contributed by atoms with Gasteiger partial charge in [-0.05, 0) is 18.2 Å². The maximum Gasteiger partial charge on any atom is 0.241 e. The fraction of sp³-hybridized carbons (Fsp3) is 0. The smallest absolute Gasteiger partial charge is 0.241 e. The predicted molar refractivity (Wildman–Crippen MR) is 91.5 cm³/mol. The Morgan fingerprint density at radius 2 is 1.78 bits per heavy atom. The second kappa shape index (κ2) is 5.17. The Bertz CT molecular complexity index is 1160. The summed E-state index contributed by atoms with van der Waals surface area (Å²) < 4.78 is 6.00. The maximum atomic E-state index is 12.7. The van der Waals surface area contributed by atoms with E-state index in [1.807, 2.05) is 30.3 Å². The molecule has 2 aromatic carbocycles. The fourth-order valence-corrected chi connectivity index (χ4v) is 2.91. The standard InChI is InChI=1S/C17H9BrN2O3/c18-10-6-7-12-11(8-10)15(21)16(22)13-14(20-23-17(13)19-12)9-4-2-1-3-5-9/h1-8,19H. The van der Waals surface area contributed by atoms with Gasteiger partial charge in [-0.3, -0.25) is 9.59 Å². The van der Waals surface area contributed by atoms with E-state index in [9.17, 15) is 9.59 Å². The van der Waals surface area contributed by atoms with E-state index < -0.39 is 10.9 Å². The summed E-state index contributed by atoms with van der Waals surface area (Å²) >= 11 is 3.31. The molecular weight excluding hydrogens is 360 g/mol. The van der Waals surface area contributed by atoms with Gasteiger partial charge in [-0.2, -0.15) is 0 Å². The highest BCUT2D eigenvalue weighted by Crippen LogP contribution is 2.24. The topological polar surface area (TPSA) is 76.0 Å². The van der Waals surface area contributed by atoms with Gasteiger partial charge in [-0.1, -0.05) is 51.4 Å². The van der Waals surface area contributed by atoms with Crippen LogP contribution in [0.1, 0.15) is 0 Å². The molecule has 23 heavy (non-hydrogen) atoms. The first-order chi connectivity index (χ1) is 11.1. The molecule has 0 aliphatic heterocycles. The van der Waals surface area contributed by atoms with Crippen LogP contribution in [0, 0.1) is 0 Å². The van der Waals surface area contributed by atoms with Crippen LogP contribution < -0.4 is 10.9 Å². The summed E-state index contributed by atoms with van der Waals surface area (Å²) in [4.78, 5) is 28.2. The van der Waals surface area contributed by atoms with Crippen LogP contribution in [0.15, 0.2) is 67.1 Å². The zero-order valence-corrected chi connectivity index (χ0v) is 13.3. The average molecular weight is 369 g/mol. The molecule has 0 unspecified atom stereocenters. The highest BCUT2D eigenvalue weighted by Gasteiger charge is 2.16. The van der Waals surface area contributed by atoms with Crippen molar-refractivity contribution in [2.75, 3.05) is 0 Å². The lowest BCUT2D eigenvalue weighted by atomic mass is 10.1. The van der Waals surface area contributed by atoms with Crippen molar-refractivity contribution >= 4 is 37.9 Å². The van der Waals surface area contributed by atoms with E-state index in [1.54, 1.807) is 18.2 Å². The molecule has 0 fully saturated rings. The number of halogens is 1. The van der Waals surface area contributed by atoms with Gasteiger partial charge < -0.3 is 9.51 Å². The van der Waals surface area contributed by atoms with E-state index in [1.165, 1.54) is 0 Å². The van der Waals surface area contributed by atoms with Crippen molar-refractivity contribution in [1.82, 2.24) is 10.1 Å². The van der Waals surface area contributed by atoms with Crippen LogP contribution in [-0.2, 0) is 0 Å². The number of fused-ring (bicyclic) bond motifs is 2. The highest BCUT2D eigenvalue weighted by molar-refractivity contribution is 9.10. The number of hydrogen-bond acceptors (Lipinski definition) is 4. The molecule has 0 aliphatic carbocycles. The Kier molecular flexibility index (Phi) is 3.12. The second-order valence-electron chi connectivity index (χ2n) is 5.07. The van der Waals surface area contributed by atoms with E-state index >= 15 is 0 Å². The summed E-state index contributed by atoms with van der Waals surface area (Å²) in [7, 11) is 0. The molecule has 4 aromatic rings. The van der Waals surface area contributed by atoms with Gasteiger partial charge in [0.1, 0.15) is 11.1 Å². The van der Waals surface area contributed by atoms with Crippen LogP contribution in [-0.4, -0.2) is 10.1 Å². The van der Waals surface area contributed by atoms with Crippen molar-refractivity contribution < 1.29 is 4.52 Å². The number of aromatic amines is 1. The summed E-state index contributed by atoms with van der Waals surface area (Å²) in [5.41, 5.74) is 0.549. The Labute approximate surface area is 137 Å². The molecule has 0 radical (unpaired) electrons. The first-order valence-electron chi connectivity index (χ1n) is 6.86. The minimum Gasteiger partial charge on any atom is -0.337 e. The summed E-state index contributed by atoms with van der Waals surface area (Å²) in [6, 6.07) is 14.3. The first kappa shape index (κ1) is 13.9. The van der Waals surface area contributed by atoms with Crippen LogP contribution >= 0.6 is 15.9 Å². The van der Waals surface area contributed by atoms with Gasteiger partial charge >= 0.3 is 0 Å². The molecule has 0 amide bonds. The lowest BCUT2D eigenvalue weighted by Gasteiger charge is -1.93. The highest BCUT2D eigenvalue weighted by atomic mass is 79.9. The van der Waals surface area contributed by atoms with Crippen LogP contribution in [0.5, 0.6) is 0 Å². The van der Waals surface area contributed by atoms with E-state index in [0.717, 1.165) is 4.47 Å². The number of nitrogens with one attached hydrogen (secondary N) is 1. The van der Waals surface area contributed by atoms with Crippen molar-refractivity contribution in [3.05, 3.63) is 73.5 Å². The number of hydrogen-bond donors (Lipinski definition) is 1. The zero-order valence-electron chi connectivity index (χ0n) is 11.7. The maximum absolute atomic E-state index is 12.7. The van der Waals surface area contributed by atoms with Crippen molar-refractivity contribution in [2.45, 2.75) is 0 Å². The molecule has 0 saturated carbocycles. The number of H-pyrrole nitrogens is 1. The third kappa shape index (κ3) is 2.19. The summed E-state index contributed by atoms with van der Waals surface area (Å²) in [6.07, 6.45) is 0. The second-order valence-corrected chi connectivity index (χ2v) is 5.99. The molecule has 0 saturated heterocycles. The Balaban J connectivity index is 2.22. The third-order valence-corrected chi connectivity index (χ3v) is 4.14. The molecule has 112 valence electrons. The molecule has 5 nitrogen and oxygen atoms in total. The minimum absolute atomic E-state index is 0.161. The lowest BCUT2D eigenvalue weighted by molar-refractivity contribution is 0.452. The summed E-state index contributed by atoms with van der Waals surface area (Å²) in [6.45, 7) is 0. The molecule has 2 heterocycles. The largest absolute Gasteiger partial charge is 0.337 e. The van der Waals surface area contributed by atoms with Crippen LogP contribution in [0.4, 0.5) is 0 Å². The minimum atomic E-state index is -0.635. The van der Waals surface area contributed by atoms with Crippen LogP contribution in [0.2, 0.25) is 0 Å². The van der Waals surface area contributed by atoms with Crippen molar-refractivity contribution in [1.29, 1.82) is 0 Å². The Morgan fingerprint density at radius 1 is 1.00 bits per heavy atom. The summed E-state index contributed by atoms with van der Waals surface area (Å²) in [5.74, 6) is 0. The van der Waals surface area contributed by atoms with Crippen LogP contribution in [0.25, 0.3) is 33.3 Å². The van der Waals surface area contributed by atoms with Gasteiger partial charge in [-0.15, -0.1) is 0 Å². The normalized spacial score (nSPS) is 11.2. The number of rotatable bonds is 1. The van der Waals surface area contributed by atoms with Gasteiger partial charge in [-0.25, -0.2) is 0 Å². The van der Waals surface area contributed by atoms with Crippen LogP contribution in [0.3, 0.4) is 0 Å². The van der Waals surface area contributed by atoms with Crippen molar-refractivity contribution in [2.24, 2.45) is 0 Å². The predicted octanol–water partition coefficient (Wildman–Crippen LogP) is 3.46. The van der Waals surface area contributed by atoms with E-state index in [4.69, 9.17) is 4.52 Å². The van der Waals surface area contributed by atoms with Gasteiger partial charge in [0.25, 0.3) is 0 Å². The Hall–Kier alpha value is -2.73. The quantitative estimate of drug-likeness (QED) is 0.522. The van der Waals surface area contributed by atoms with Gasteiger partial charge in [0, 0.05) is 10.0 Å². The van der Waals surface area contributed by atoms with E-state index in [0.29, 0.717) is 22.2 Å². The van der Waals surface area contributed by atoms with Gasteiger partial charge in [0.05, 0.1) is 10.9 Å². The fourth-order valence-electron chi connectivity index (χ4n) is 2.55. The third-order valence-electron chi connectivity index (χ3n) is 3.65. The molecule has 0 atom stereocenters. The summed E-state index contributed by atoms with van der Waals surface area (Å²) in [5, 5.41) is 4.43. The molecule has 0 bridgehead atoms. The molecule has 1 N–H and O–H groups in total. The molecule has 6 heteroatoms.